The maximum atomic E-state index is 12.7. The molecule has 1 aromatic carbocycles. The molecule has 1 aromatic rings. The molecule has 1 aliphatic heterocycles. The molecule has 0 spiro atoms. The van der Waals surface area contributed by atoms with Crippen molar-refractivity contribution in [1.29, 1.82) is 0 Å². The fraction of sp³-hybridized carbons (Fsp3) is 0.273. The smallest absolute Gasteiger partial charge is 0.181 e. The minimum absolute atomic E-state index is 0.239. The highest BCUT2D eigenvalue weighted by atomic mass is 19.1. The van der Waals surface area contributed by atoms with Crippen molar-refractivity contribution in [2.45, 2.75) is 19.4 Å². The largest absolute Gasteiger partial charge is 0.471 e. The first kappa shape index (κ1) is 9.19. The van der Waals surface area contributed by atoms with Crippen LogP contribution in [0.15, 0.2) is 29.3 Å². The normalized spacial score (nSPS) is 25.8. The summed E-state index contributed by atoms with van der Waals surface area (Å²) >= 11 is 0. The van der Waals surface area contributed by atoms with E-state index in [-0.39, 0.29) is 5.82 Å². The van der Waals surface area contributed by atoms with E-state index >= 15 is 0 Å². The highest BCUT2D eigenvalue weighted by Crippen LogP contribution is 2.33. The first-order chi connectivity index (χ1) is 6.60. The molecule has 0 aromatic heterocycles. The molecule has 0 aliphatic carbocycles. The van der Waals surface area contributed by atoms with Gasteiger partial charge < -0.3 is 4.74 Å². The van der Waals surface area contributed by atoms with Gasteiger partial charge in [-0.2, -0.15) is 0 Å². The summed E-state index contributed by atoms with van der Waals surface area (Å²) in [6.45, 7) is 5.39. The van der Waals surface area contributed by atoms with Crippen molar-refractivity contribution in [3.63, 3.8) is 0 Å². The highest BCUT2D eigenvalue weighted by molar-refractivity contribution is 5.76. The van der Waals surface area contributed by atoms with E-state index in [1.807, 2.05) is 6.92 Å². The summed E-state index contributed by atoms with van der Waals surface area (Å²) in [6.07, 6.45) is 0. The third-order valence-electron chi connectivity index (χ3n) is 2.28. The van der Waals surface area contributed by atoms with Gasteiger partial charge in [0.2, 0.25) is 0 Å². The second kappa shape index (κ2) is 3.08. The molecular weight excluding hydrogens is 181 g/mol. The lowest BCUT2D eigenvalue weighted by Gasteiger charge is -2.17. The summed E-state index contributed by atoms with van der Waals surface area (Å²) in [7, 11) is 0. The highest BCUT2D eigenvalue weighted by Gasteiger charge is 2.32. The number of aliphatic imine (C=N–C) groups is 1. The lowest BCUT2D eigenvalue weighted by Crippen LogP contribution is -2.16. The lowest BCUT2D eigenvalue weighted by molar-refractivity contribution is 0.356. The Morgan fingerprint density at radius 1 is 1.29 bits per heavy atom. The Hall–Kier alpha value is -1.38. The van der Waals surface area contributed by atoms with Gasteiger partial charge >= 0.3 is 0 Å². The van der Waals surface area contributed by atoms with Crippen molar-refractivity contribution >= 4 is 5.90 Å². The van der Waals surface area contributed by atoms with E-state index in [9.17, 15) is 4.39 Å². The van der Waals surface area contributed by atoms with Crippen molar-refractivity contribution in [2.75, 3.05) is 0 Å². The molecule has 2 rings (SSSR count). The molecule has 0 amide bonds. The maximum Gasteiger partial charge on any atom is 0.181 e. The average molecular weight is 192 g/mol. The van der Waals surface area contributed by atoms with Gasteiger partial charge in [0, 0.05) is 6.92 Å². The average Bonchev–Trinajstić information content (AvgIpc) is 2.48. The van der Waals surface area contributed by atoms with E-state index in [4.69, 9.17) is 4.74 Å². The van der Waals surface area contributed by atoms with Gasteiger partial charge in [-0.05, 0) is 24.6 Å². The van der Waals surface area contributed by atoms with Gasteiger partial charge in [-0.25, -0.2) is 9.38 Å². The van der Waals surface area contributed by atoms with Gasteiger partial charge in [0.25, 0.3) is 0 Å². The van der Waals surface area contributed by atoms with Gasteiger partial charge in [0.15, 0.2) is 12.5 Å². The maximum absolute atomic E-state index is 12.7. The predicted molar refractivity (Wildman–Crippen MR) is 52.2 cm³/mol. The van der Waals surface area contributed by atoms with Crippen molar-refractivity contribution in [2.24, 2.45) is 4.99 Å². The van der Waals surface area contributed by atoms with Gasteiger partial charge in [0.1, 0.15) is 11.4 Å². The minimum atomic E-state index is -0.474. The molecule has 73 valence electrons. The first-order valence-corrected chi connectivity index (χ1v) is 4.44. The summed E-state index contributed by atoms with van der Waals surface area (Å²) in [4.78, 5) is 4.34. The number of hydrogen-bond donors (Lipinski definition) is 0. The Labute approximate surface area is 82.4 Å². The van der Waals surface area contributed by atoms with E-state index < -0.39 is 5.54 Å². The van der Waals surface area contributed by atoms with Crippen LogP contribution in [0.1, 0.15) is 19.4 Å². The Morgan fingerprint density at radius 3 is 2.43 bits per heavy atom. The molecule has 1 atom stereocenters. The number of hydrogen-bond acceptors (Lipinski definition) is 2. The molecule has 2 nitrogen and oxygen atoms in total. The molecule has 1 unspecified atom stereocenters. The molecule has 1 radical (unpaired) electrons. The molecule has 3 heteroatoms. The first-order valence-electron chi connectivity index (χ1n) is 4.44. The van der Waals surface area contributed by atoms with Crippen LogP contribution in [0.3, 0.4) is 0 Å². The molecule has 0 bridgehead atoms. The van der Waals surface area contributed by atoms with Crippen LogP contribution in [0.25, 0.3) is 0 Å². The number of halogens is 1. The van der Waals surface area contributed by atoms with Gasteiger partial charge in [-0.1, -0.05) is 12.1 Å². The minimum Gasteiger partial charge on any atom is -0.471 e. The standard InChI is InChI=1S/C11H11FNO/c1-8-13-11(2,7-14-8)9-3-5-10(12)6-4-9/h3-7H,1-2H3. The number of ether oxygens (including phenoxy) is 1. The van der Waals surface area contributed by atoms with Crippen LogP contribution in [-0.2, 0) is 10.3 Å². The molecule has 0 saturated heterocycles. The molecule has 0 saturated carbocycles. The van der Waals surface area contributed by atoms with Crippen LogP contribution in [0.4, 0.5) is 4.39 Å². The SMILES string of the molecule is CC1=NC(C)(c2ccc(F)cc2)[CH]O1. The summed E-state index contributed by atoms with van der Waals surface area (Å²) < 4.78 is 17.9. The number of rotatable bonds is 1. The predicted octanol–water partition coefficient (Wildman–Crippen LogP) is 2.65. The monoisotopic (exact) mass is 192 g/mol. The number of nitrogens with zero attached hydrogens (tertiary/aromatic N) is 1. The molecule has 14 heavy (non-hydrogen) atoms. The summed E-state index contributed by atoms with van der Waals surface area (Å²) in [5, 5.41) is 0. The fourth-order valence-corrected chi connectivity index (χ4v) is 1.50. The van der Waals surface area contributed by atoms with Crippen LogP contribution >= 0.6 is 0 Å². The Kier molecular flexibility index (Phi) is 2.02. The molecule has 1 heterocycles. The fourth-order valence-electron chi connectivity index (χ4n) is 1.50. The Morgan fingerprint density at radius 2 is 1.93 bits per heavy atom. The zero-order valence-corrected chi connectivity index (χ0v) is 8.12. The van der Waals surface area contributed by atoms with E-state index in [0.29, 0.717) is 5.90 Å². The van der Waals surface area contributed by atoms with Crippen LogP contribution < -0.4 is 0 Å². The Bertz CT molecular complexity index is 371. The number of benzene rings is 1. The van der Waals surface area contributed by atoms with E-state index in [0.717, 1.165) is 5.56 Å². The van der Waals surface area contributed by atoms with Crippen molar-refractivity contribution < 1.29 is 9.13 Å². The third-order valence-corrected chi connectivity index (χ3v) is 2.28. The van der Waals surface area contributed by atoms with Crippen LogP contribution in [0, 0.1) is 12.4 Å². The molecular formula is C11H11FNO. The van der Waals surface area contributed by atoms with Crippen LogP contribution in [-0.4, -0.2) is 5.90 Å². The zero-order valence-electron chi connectivity index (χ0n) is 8.12. The van der Waals surface area contributed by atoms with E-state index in [2.05, 4.69) is 4.99 Å². The van der Waals surface area contributed by atoms with Crippen molar-refractivity contribution in [1.82, 2.24) is 0 Å². The molecule has 0 fully saturated rings. The van der Waals surface area contributed by atoms with Crippen LogP contribution in [0.5, 0.6) is 0 Å². The second-order valence-electron chi connectivity index (χ2n) is 3.52. The Balaban J connectivity index is 2.35. The van der Waals surface area contributed by atoms with Gasteiger partial charge in [-0.15, -0.1) is 0 Å². The van der Waals surface area contributed by atoms with E-state index in [1.165, 1.54) is 12.1 Å². The zero-order chi connectivity index (χ0) is 10.2. The summed E-state index contributed by atoms with van der Waals surface area (Å²) in [5.74, 6) is 0.397. The van der Waals surface area contributed by atoms with Crippen molar-refractivity contribution in [3.8, 4) is 0 Å². The topological polar surface area (TPSA) is 21.6 Å². The quantitative estimate of drug-likeness (QED) is 0.670. The summed E-state index contributed by atoms with van der Waals surface area (Å²) in [6, 6.07) is 6.30. The van der Waals surface area contributed by atoms with E-state index in [1.54, 1.807) is 25.7 Å². The van der Waals surface area contributed by atoms with Gasteiger partial charge in [-0.3, -0.25) is 0 Å². The van der Waals surface area contributed by atoms with Crippen molar-refractivity contribution in [3.05, 3.63) is 42.3 Å². The second-order valence-corrected chi connectivity index (χ2v) is 3.52. The van der Waals surface area contributed by atoms with Crippen LogP contribution in [0.2, 0.25) is 0 Å². The third kappa shape index (κ3) is 1.50. The summed E-state index contributed by atoms with van der Waals surface area (Å²) in [5.41, 5.74) is 0.452. The molecule has 0 N–H and O–H groups in total. The lowest BCUT2D eigenvalue weighted by atomic mass is 9.94. The van der Waals surface area contributed by atoms with Gasteiger partial charge in [0.05, 0.1) is 0 Å². The molecule has 1 aliphatic rings.